The van der Waals surface area contributed by atoms with Gasteiger partial charge in [0.15, 0.2) is 23.6 Å². The Kier molecular flexibility index (Phi) is 5.03. The molecule has 0 atom stereocenters. The van der Waals surface area contributed by atoms with E-state index in [0.717, 1.165) is 11.1 Å². The molecule has 2 aromatic heterocycles. The van der Waals surface area contributed by atoms with Crippen LogP contribution in [0.4, 0.5) is 5.69 Å². The van der Waals surface area contributed by atoms with Gasteiger partial charge in [0.05, 0.1) is 18.4 Å². The van der Waals surface area contributed by atoms with Crippen LogP contribution < -0.4 is 5.32 Å². The van der Waals surface area contributed by atoms with E-state index < -0.39 is 0 Å². The molecule has 0 spiro atoms. The van der Waals surface area contributed by atoms with E-state index in [-0.39, 0.29) is 17.4 Å². The quantitative estimate of drug-likeness (QED) is 0.505. The number of hydrogen-bond acceptors (Lipinski definition) is 5. The van der Waals surface area contributed by atoms with E-state index in [4.69, 9.17) is 4.42 Å². The Bertz CT molecular complexity index is 1160. The van der Waals surface area contributed by atoms with Crippen LogP contribution in [0.2, 0.25) is 0 Å². The molecule has 0 bridgehead atoms. The van der Waals surface area contributed by atoms with Gasteiger partial charge in [-0.2, -0.15) is 5.10 Å². The Hall–Kier alpha value is -4.00. The van der Waals surface area contributed by atoms with E-state index in [1.807, 2.05) is 48.5 Å². The average molecular weight is 386 g/mol. The molecule has 0 aliphatic rings. The fourth-order valence-electron chi connectivity index (χ4n) is 2.98. The van der Waals surface area contributed by atoms with Gasteiger partial charge in [-0.15, -0.1) is 0 Å². The summed E-state index contributed by atoms with van der Waals surface area (Å²) >= 11 is 0. The van der Waals surface area contributed by atoms with Crippen molar-refractivity contribution >= 4 is 17.4 Å². The smallest absolute Gasteiger partial charge is 0.278 e. The number of ketones is 1. The van der Waals surface area contributed by atoms with Gasteiger partial charge in [-0.05, 0) is 18.6 Å². The Morgan fingerprint density at radius 2 is 1.93 bits per heavy atom. The molecule has 4 aromatic rings. The number of anilines is 1. The number of Topliss-reactive ketones (excluding diaryl/α,β-unsaturated/α-hetero) is 1. The van der Waals surface area contributed by atoms with Crippen molar-refractivity contribution in [2.45, 2.75) is 13.5 Å². The Morgan fingerprint density at radius 1 is 1.10 bits per heavy atom. The molecule has 2 aromatic carbocycles. The zero-order chi connectivity index (χ0) is 20.2. The Morgan fingerprint density at radius 3 is 2.72 bits per heavy atom. The van der Waals surface area contributed by atoms with Crippen molar-refractivity contribution in [2.75, 3.05) is 5.32 Å². The lowest BCUT2D eigenvalue weighted by Crippen LogP contribution is -2.13. The maximum absolute atomic E-state index is 12.6. The van der Waals surface area contributed by atoms with Crippen LogP contribution in [0.5, 0.6) is 0 Å². The number of benzene rings is 2. The molecule has 1 amide bonds. The molecule has 0 unspecified atom stereocenters. The van der Waals surface area contributed by atoms with Gasteiger partial charge in [0.25, 0.3) is 5.91 Å². The lowest BCUT2D eigenvalue weighted by molar-refractivity contribution is 0.101. The van der Waals surface area contributed by atoms with Crippen LogP contribution in [0.15, 0.2) is 77.8 Å². The zero-order valence-corrected chi connectivity index (χ0v) is 15.7. The van der Waals surface area contributed by atoms with Gasteiger partial charge >= 0.3 is 0 Å². The second-order valence-electron chi connectivity index (χ2n) is 6.53. The van der Waals surface area contributed by atoms with Gasteiger partial charge in [-0.3, -0.25) is 14.3 Å². The molecule has 7 heteroatoms. The van der Waals surface area contributed by atoms with Crippen molar-refractivity contribution in [3.63, 3.8) is 0 Å². The first-order valence-corrected chi connectivity index (χ1v) is 9.03. The van der Waals surface area contributed by atoms with Gasteiger partial charge in [-0.25, -0.2) is 4.98 Å². The molecule has 0 saturated heterocycles. The number of carbonyl (C=O) groups excluding carboxylic acids is 2. The van der Waals surface area contributed by atoms with Crippen LogP contribution in [0, 0.1) is 0 Å². The first kappa shape index (κ1) is 18.4. The fraction of sp³-hybridized carbons (Fsp3) is 0.0909. The fourth-order valence-corrected chi connectivity index (χ4v) is 2.98. The van der Waals surface area contributed by atoms with E-state index in [0.29, 0.717) is 23.6 Å². The number of carbonyl (C=O) groups is 2. The van der Waals surface area contributed by atoms with Crippen LogP contribution >= 0.6 is 0 Å². The zero-order valence-electron chi connectivity index (χ0n) is 15.7. The maximum atomic E-state index is 12.6. The van der Waals surface area contributed by atoms with Crippen LogP contribution in [-0.4, -0.2) is 26.5 Å². The van der Waals surface area contributed by atoms with E-state index in [2.05, 4.69) is 15.4 Å². The van der Waals surface area contributed by atoms with E-state index >= 15 is 0 Å². The van der Waals surface area contributed by atoms with Crippen LogP contribution in [0.3, 0.4) is 0 Å². The normalized spacial score (nSPS) is 10.7. The van der Waals surface area contributed by atoms with Crippen LogP contribution in [-0.2, 0) is 6.54 Å². The summed E-state index contributed by atoms with van der Waals surface area (Å²) in [7, 11) is 0. The number of rotatable bonds is 6. The van der Waals surface area contributed by atoms with E-state index in [9.17, 15) is 9.59 Å². The van der Waals surface area contributed by atoms with Gasteiger partial charge in [-0.1, -0.05) is 48.5 Å². The number of hydrogen-bond donors (Lipinski definition) is 1. The van der Waals surface area contributed by atoms with Crippen LogP contribution in [0.25, 0.3) is 11.3 Å². The summed E-state index contributed by atoms with van der Waals surface area (Å²) < 4.78 is 7.09. The monoisotopic (exact) mass is 386 g/mol. The molecule has 0 aliphatic carbocycles. The number of amides is 1. The highest BCUT2D eigenvalue weighted by Gasteiger charge is 2.18. The van der Waals surface area contributed by atoms with Gasteiger partial charge in [0.1, 0.15) is 0 Å². The van der Waals surface area contributed by atoms with E-state index in [1.54, 1.807) is 23.1 Å². The molecule has 29 heavy (non-hydrogen) atoms. The number of nitrogens with one attached hydrogen (secondary N) is 1. The van der Waals surface area contributed by atoms with Crippen LogP contribution in [0.1, 0.15) is 33.3 Å². The third-order valence-electron chi connectivity index (χ3n) is 4.39. The molecule has 1 N–H and O–H groups in total. The summed E-state index contributed by atoms with van der Waals surface area (Å²) in [5, 5.41) is 7.07. The van der Waals surface area contributed by atoms with Crippen molar-refractivity contribution < 1.29 is 14.0 Å². The third kappa shape index (κ3) is 4.14. The summed E-state index contributed by atoms with van der Waals surface area (Å²) in [5.74, 6) is 0.0503. The van der Waals surface area contributed by atoms with E-state index in [1.165, 1.54) is 13.3 Å². The molecule has 7 nitrogen and oxygen atoms in total. The molecule has 4 rings (SSSR count). The lowest BCUT2D eigenvalue weighted by Gasteiger charge is -2.04. The third-order valence-corrected chi connectivity index (χ3v) is 4.39. The summed E-state index contributed by atoms with van der Waals surface area (Å²) in [6, 6.07) is 16.7. The van der Waals surface area contributed by atoms with Crippen molar-refractivity contribution in [1.82, 2.24) is 14.8 Å². The van der Waals surface area contributed by atoms with Crippen molar-refractivity contribution in [3.8, 4) is 11.3 Å². The summed E-state index contributed by atoms with van der Waals surface area (Å²) in [6.07, 6.45) is 4.54. The Balaban J connectivity index is 1.48. The average Bonchev–Trinajstić information content (AvgIpc) is 3.38. The molecular formula is C22H18N4O3. The van der Waals surface area contributed by atoms with Gasteiger partial charge in [0.2, 0.25) is 0 Å². The lowest BCUT2D eigenvalue weighted by atomic mass is 10.1. The first-order valence-electron chi connectivity index (χ1n) is 9.03. The second kappa shape index (κ2) is 7.93. The summed E-state index contributed by atoms with van der Waals surface area (Å²) in [4.78, 5) is 28.2. The Labute approximate surface area is 167 Å². The summed E-state index contributed by atoms with van der Waals surface area (Å²) in [5.41, 5.74) is 3.12. The number of oxazole rings is 1. The molecule has 0 aliphatic heterocycles. The maximum Gasteiger partial charge on any atom is 0.278 e. The highest BCUT2D eigenvalue weighted by molar-refractivity contribution is 6.06. The molecular weight excluding hydrogens is 368 g/mol. The minimum absolute atomic E-state index is 0.0158. The minimum atomic E-state index is -0.379. The predicted octanol–water partition coefficient (Wildman–Crippen LogP) is 4.04. The highest BCUT2D eigenvalue weighted by Crippen LogP contribution is 2.23. The SMILES string of the molecule is CC(=O)c1cccc(Cn2cc(NC(=O)c3ncoc3-c3ccccc3)cn2)c1. The summed E-state index contributed by atoms with van der Waals surface area (Å²) in [6.45, 7) is 2.02. The highest BCUT2D eigenvalue weighted by atomic mass is 16.3. The molecule has 0 saturated carbocycles. The molecule has 2 heterocycles. The van der Waals surface area contributed by atoms with Crippen molar-refractivity contribution in [1.29, 1.82) is 0 Å². The molecule has 0 fully saturated rings. The molecule has 0 radical (unpaired) electrons. The van der Waals surface area contributed by atoms with Crippen molar-refractivity contribution in [3.05, 3.63) is 90.2 Å². The molecule has 144 valence electrons. The topological polar surface area (TPSA) is 90.0 Å². The largest absolute Gasteiger partial charge is 0.443 e. The minimum Gasteiger partial charge on any atom is -0.443 e. The van der Waals surface area contributed by atoms with Gasteiger partial charge < -0.3 is 9.73 Å². The number of aromatic nitrogens is 3. The van der Waals surface area contributed by atoms with Gasteiger partial charge in [0, 0.05) is 17.3 Å². The first-order chi connectivity index (χ1) is 14.1. The predicted molar refractivity (Wildman–Crippen MR) is 108 cm³/mol. The number of nitrogens with zero attached hydrogens (tertiary/aromatic N) is 3. The van der Waals surface area contributed by atoms with Crippen molar-refractivity contribution in [2.24, 2.45) is 0 Å². The second-order valence-corrected chi connectivity index (χ2v) is 6.53. The standard InChI is InChI=1S/C22H18N4O3/c1-15(27)18-9-5-6-16(10-18)12-26-13-19(11-24-26)25-22(28)20-21(29-14-23-20)17-7-3-2-4-8-17/h2-11,13-14H,12H2,1H3,(H,25,28).